The van der Waals surface area contributed by atoms with Crippen molar-refractivity contribution in [3.05, 3.63) is 42.0 Å². The number of piperazine rings is 1. The third-order valence-corrected chi connectivity index (χ3v) is 7.53. The molecule has 0 aromatic heterocycles. The number of carbonyl (C=O) groups is 1. The van der Waals surface area contributed by atoms with E-state index in [-0.39, 0.29) is 29.5 Å². The molecule has 1 saturated heterocycles. The van der Waals surface area contributed by atoms with Gasteiger partial charge in [0.2, 0.25) is 11.7 Å². The average molecular weight is 503 g/mol. The zero-order chi connectivity index (χ0) is 25.0. The molecule has 0 spiro atoms. The predicted molar refractivity (Wildman–Crippen MR) is 132 cm³/mol. The van der Waals surface area contributed by atoms with Crippen molar-refractivity contribution in [3.63, 3.8) is 0 Å². The van der Waals surface area contributed by atoms with Crippen molar-refractivity contribution in [2.75, 3.05) is 52.8 Å². The normalized spacial score (nSPS) is 17.1. The van der Waals surface area contributed by atoms with E-state index in [1.807, 2.05) is 17.0 Å². The van der Waals surface area contributed by atoms with E-state index in [2.05, 4.69) is 14.6 Å². The van der Waals surface area contributed by atoms with Gasteiger partial charge in [0, 0.05) is 51.1 Å². The van der Waals surface area contributed by atoms with E-state index in [0.717, 1.165) is 5.56 Å². The van der Waals surface area contributed by atoms with Crippen molar-refractivity contribution in [3.8, 4) is 17.2 Å². The lowest BCUT2D eigenvalue weighted by atomic mass is 10.1. The molecule has 4 rings (SSSR count). The van der Waals surface area contributed by atoms with Crippen LogP contribution in [0, 0.1) is 0 Å². The first kappa shape index (κ1) is 24.8. The van der Waals surface area contributed by atoms with Crippen LogP contribution in [0.5, 0.6) is 17.2 Å². The summed E-state index contributed by atoms with van der Waals surface area (Å²) in [5.41, 5.74) is 1.47. The molecule has 0 radical (unpaired) electrons. The van der Waals surface area contributed by atoms with Crippen LogP contribution in [0.4, 0.5) is 5.69 Å². The summed E-state index contributed by atoms with van der Waals surface area (Å²) in [4.78, 5) is 17.0. The molecule has 10 nitrogen and oxygen atoms in total. The summed E-state index contributed by atoms with van der Waals surface area (Å²) < 4.78 is 45.0. The Balaban J connectivity index is 1.31. The molecule has 1 fully saturated rings. The number of sulfonamides is 1. The highest BCUT2D eigenvalue weighted by atomic mass is 32.2. The third-order valence-electron chi connectivity index (χ3n) is 6.15. The van der Waals surface area contributed by atoms with Gasteiger partial charge in [0.15, 0.2) is 11.5 Å². The number of hydrogen-bond donors (Lipinski definition) is 1. The molecule has 1 amide bonds. The largest absolute Gasteiger partial charge is 0.493 e. The van der Waals surface area contributed by atoms with Crippen molar-refractivity contribution in [2.45, 2.75) is 24.3 Å². The lowest BCUT2D eigenvalue weighted by Gasteiger charge is -2.35. The maximum atomic E-state index is 12.8. The SMILES string of the molecule is COc1ccc(CN2CCN(C(=O)CCC3=NS(=O)(=O)c4ccccc4N3)CC2)c(OC)c1OC. The molecule has 0 atom stereocenters. The van der Waals surface area contributed by atoms with Crippen molar-refractivity contribution < 1.29 is 27.4 Å². The number of fused-ring (bicyclic) bond motifs is 1. The zero-order valence-corrected chi connectivity index (χ0v) is 20.9. The highest BCUT2D eigenvalue weighted by Gasteiger charge is 2.26. The molecular formula is C24H30N4O6S. The van der Waals surface area contributed by atoms with Gasteiger partial charge in [-0.1, -0.05) is 18.2 Å². The minimum atomic E-state index is -3.75. The van der Waals surface area contributed by atoms with Gasteiger partial charge in [-0.25, -0.2) is 0 Å². The zero-order valence-electron chi connectivity index (χ0n) is 20.1. The van der Waals surface area contributed by atoms with E-state index >= 15 is 0 Å². The van der Waals surface area contributed by atoms with Gasteiger partial charge in [-0.3, -0.25) is 9.69 Å². The van der Waals surface area contributed by atoms with E-state index in [4.69, 9.17) is 14.2 Å². The van der Waals surface area contributed by atoms with Gasteiger partial charge < -0.3 is 24.4 Å². The first-order chi connectivity index (χ1) is 16.9. The molecule has 0 aliphatic carbocycles. The molecule has 2 heterocycles. The summed E-state index contributed by atoms with van der Waals surface area (Å²) in [6.07, 6.45) is 0.419. The van der Waals surface area contributed by atoms with Gasteiger partial charge >= 0.3 is 0 Å². The van der Waals surface area contributed by atoms with E-state index in [0.29, 0.717) is 55.7 Å². The van der Waals surface area contributed by atoms with Crippen LogP contribution in [-0.4, -0.2) is 77.5 Å². The van der Waals surface area contributed by atoms with Crippen LogP contribution < -0.4 is 19.5 Å². The maximum Gasteiger partial charge on any atom is 0.286 e. The Morgan fingerprint density at radius 2 is 1.69 bits per heavy atom. The fraction of sp³-hybridized carbons (Fsp3) is 0.417. The number of nitrogens with zero attached hydrogens (tertiary/aromatic N) is 3. The number of anilines is 1. The number of amidine groups is 1. The number of benzene rings is 2. The van der Waals surface area contributed by atoms with Crippen LogP contribution in [0.1, 0.15) is 18.4 Å². The highest BCUT2D eigenvalue weighted by Crippen LogP contribution is 2.40. The molecular weight excluding hydrogens is 472 g/mol. The van der Waals surface area contributed by atoms with E-state index in [9.17, 15) is 13.2 Å². The smallest absolute Gasteiger partial charge is 0.286 e. The first-order valence-electron chi connectivity index (χ1n) is 11.3. The predicted octanol–water partition coefficient (Wildman–Crippen LogP) is 2.35. The molecule has 35 heavy (non-hydrogen) atoms. The minimum absolute atomic E-state index is 0.0193. The van der Waals surface area contributed by atoms with E-state index < -0.39 is 10.0 Å². The second-order valence-corrected chi connectivity index (χ2v) is 9.86. The summed E-state index contributed by atoms with van der Waals surface area (Å²) in [5.74, 6) is 2.08. The van der Waals surface area contributed by atoms with E-state index in [1.165, 1.54) is 6.07 Å². The quantitative estimate of drug-likeness (QED) is 0.586. The Morgan fingerprint density at radius 1 is 0.971 bits per heavy atom. The van der Waals surface area contributed by atoms with Crippen molar-refractivity contribution >= 4 is 27.5 Å². The van der Waals surface area contributed by atoms with Gasteiger partial charge in [-0.15, -0.1) is 4.40 Å². The maximum absolute atomic E-state index is 12.8. The molecule has 2 aromatic carbocycles. The molecule has 11 heteroatoms. The molecule has 0 saturated carbocycles. The first-order valence-corrected chi connectivity index (χ1v) is 12.8. The number of para-hydroxylation sites is 1. The third kappa shape index (κ3) is 5.35. The lowest BCUT2D eigenvalue weighted by molar-refractivity contribution is -0.132. The number of ether oxygens (including phenoxy) is 3. The van der Waals surface area contributed by atoms with Crippen molar-refractivity contribution in [1.29, 1.82) is 0 Å². The van der Waals surface area contributed by atoms with Gasteiger partial charge in [0.05, 0.1) is 27.0 Å². The second kappa shape index (κ2) is 10.5. The van der Waals surface area contributed by atoms with Crippen LogP contribution >= 0.6 is 0 Å². The Hall–Kier alpha value is -3.31. The monoisotopic (exact) mass is 502 g/mol. The number of methoxy groups -OCH3 is 3. The van der Waals surface area contributed by atoms with Crippen LogP contribution in [-0.2, 0) is 21.4 Å². The topological polar surface area (TPSA) is 110 Å². The summed E-state index contributed by atoms with van der Waals surface area (Å²) in [6, 6.07) is 10.4. The molecule has 0 unspecified atom stereocenters. The van der Waals surface area contributed by atoms with Gasteiger partial charge in [-0.2, -0.15) is 8.42 Å². The fourth-order valence-electron chi connectivity index (χ4n) is 4.34. The highest BCUT2D eigenvalue weighted by molar-refractivity contribution is 7.90. The molecule has 2 aliphatic rings. The number of hydrogen-bond acceptors (Lipinski definition) is 8. The van der Waals surface area contributed by atoms with Crippen LogP contribution in [0.25, 0.3) is 0 Å². The van der Waals surface area contributed by atoms with Gasteiger partial charge in [-0.05, 0) is 18.2 Å². The lowest BCUT2D eigenvalue weighted by Crippen LogP contribution is -2.48. The molecule has 0 bridgehead atoms. The molecule has 2 aromatic rings. The number of nitrogens with one attached hydrogen (secondary N) is 1. The second-order valence-electron chi connectivity index (χ2n) is 8.28. The van der Waals surface area contributed by atoms with E-state index in [1.54, 1.807) is 39.5 Å². The number of rotatable bonds is 8. The van der Waals surface area contributed by atoms with Crippen molar-refractivity contribution in [2.24, 2.45) is 4.40 Å². The Bertz CT molecular complexity index is 1220. The Kier molecular flexibility index (Phi) is 7.46. The van der Waals surface area contributed by atoms with Gasteiger partial charge in [0.25, 0.3) is 10.0 Å². The standard InChI is InChI=1S/C24H30N4O6S/c1-32-19-9-8-17(23(33-2)24(19)34-3)16-27-12-14-28(15-13-27)22(29)11-10-21-25-18-6-4-5-7-20(18)35(30,31)26-21/h4-9H,10-16H2,1-3H3,(H,25,26). The van der Waals surface area contributed by atoms with Gasteiger partial charge in [0.1, 0.15) is 10.7 Å². The molecule has 2 aliphatic heterocycles. The minimum Gasteiger partial charge on any atom is -0.493 e. The summed E-state index contributed by atoms with van der Waals surface area (Å²) in [6.45, 7) is 3.27. The Morgan fingerprint density at radius 3 is 2.37 bits per heavy atom. The number of carbonyl (C=O) groups excluding carboxylic acids is 1. The molecule has 188 valence electrons. The van der Waals surface area contributed by atoms with Crippen LogP contribution in [0.15, 0.2) is 45.7 Å². The van der Waals surface area contributed by atoms with Crippen LogP contribution in [0.2, 0.25) is 0 Å². The summed E-state index contributed by atoms with van der Waals surface area (Å²) in [7, 11) is 1.02. The average Bonchev–Trinajstić information content (AvgIpc) is 2.87. The summed E-state index contributed by atoms with van der Waals surface area (Å²) in [5, 5.41) is 3.03. The molecule has 1 N–H and O–H groups in total. The summed E-state index contributed by atoms with van der Waals surface area (Å²) >= 11 is 0. The van der Waals surface area contributed by atoms with Crippen molar-refractivity contribution in [1.82, 2.24) is 9.80 Å². The van der Waals surface area contributed by atoms with Crippen LogP contribution in [0.3, 0.4) is 0 Å². The number of amides is 1. The fourth-order valence-corrected chi connectivity index (χ4v) is 5.52. The Labute approximate surface area is 205 Å².